The third-order valence-electron chi connectivity index (χ3n) is 2.91. The standard InChI is InChI=1S/C14H8ClN3S/c15-11-2-1-3-12-13(11)18(14(19)17-12)10-6-4-9(8-16)5-7-10/h1-7H,(H,17,19). The molecule has 5 heteroatoms. The van der Waals surface area contributed by atoms with E-state index in [1.54, 1.807) is 12.1 Å². The van der Waals surface area contributed by atoms with E-state index in [9.17, 15) is 0 Å². The van der Waals surface area contributed by atoms with Crippen molar-refractivity contribution in [2.24, 2.45) is 0 Å². The molecule has 3 aromatic rings. The fourth-order valence-corrected chi connectivity index (χ4v) is 2.61. The first-order valence-electron chi connectivity index (χ1n) is 5.60. The molecular weight excluding hydrogens is 278 g/mol. The lowest BCUT2D eigenvalue weighted by molar-refractivity contribution is 1.06. The Kier molecular flexibility index (Phi) is 2.86. The number of fused-ring (bicyclic) bond motifs is 1. The SMILES string of the molecule is N#Cc1ccc(-n2c(=S)[nH]c3cccc(Cl)c32)cc1. The number of H-pyrrole nitrogens is 1. The summed E-state index contributed by atoms with van der Waals surface area (Å²) in [7, 11) is 0. The quantitative estimate of drug-likeness (QED) is 0.681. The molecule has 1 aromatic heterocycles. The molecule has 0 aliphatic rings. The second kappa shape index (κ2) is 4.54. The summed E-state index contributed by atoms with van der Waals surface area (Å²) in [5.74, 6) is 0. The van der Waals surface area contributed by atoms with Crippen LogP contribution < -0.4 is 0 Å². The van der Waals surface area contributed by atoms with Gasteiger partial charge >= 0.3 is 0 Å². The van der Waals surface area contributed by atoms with Crippen LogP contribution in [0.1, 0.15) is 5.56 Å². The predicted molar refractivity (Wildman–Crippen MR) is 78.2 cm³/mol. The minimum absolute atomic E-state index is 0.577. The van der Waals surface area contributed by atoms with E-state index in [0.29, 0.717) is 15.4 Å². The van der Waals surface area contributed by atoms with Crippen LogP contribution in [-0.4, -0.2) is 9.55 Å². The van der Waals surface area contributed by atoms with Gasteiger partial charge in [0.2, 0.25) is 0 Å². The van der Waals surface area contributed by atoms with Crippen molar-refractivity contribution in [2.45, 2.75) is 0 Å². The third-order valence-corrected chi connectivity index (χ3v) is 3.50. The van der Waals surface area contributed by atoms with Gasteiger partial charge in [-0.15, -0.1) is 0 Å². The summed E-state index contributed by atoms with van der Waals surface area (Å²) in [6.45, 7) is 0. The topological polar surface area (TPSA) is 44.5 Å². The van der Waals surface area contributed by atoms with Crippen LogP contribution in [0.2, 0.25) is 5.02 Å². The highest BCUT2D eigenvalue weighted by molar-refractivity contribution is 7.71. The van der Waals surface area contributed by atoms with Gasteiger partial charge in [-0.05, 0) is 48.6 Å². The zero-order valence-electron chi connectivity index (χ0n) is 9.72. The highest BCUT2D eigenvalue weighted by Crippen LogP contribution is 2.26. The second-order valence-corrected chi connectivity index (χ2v) is 4.85. The number of para-hydroxylation sites is 1. The zero-order valence-corrected chi connectivity index (χ0v) is 11.3. The smallest absolute Gasteiger partial charge is 0.182 e. The van der Waals surface area contributed by atoms with Gasteiger partial charge in [-0.1, -0.05) is 17.7 Å². The average molecular weight is 286 g/mol. The van der Waals surface area contributed by atoms with Gasteiger partial charge in [0.1, 0.15) is 0 Å². The van der Waals surface area contributed by atoms with Gasteiger partial charge in [0, 0.05) is 5.69 Å². The minimum Gasteiger partial charge on any atom is -0.330 e. The van der Waals surface area contributed by atoms with Crippen molar-refractivity contribution in [1.82, 2.24) is 9.55 Å². The number of aromatic amines is 1. The molecule has 0 saturated carbocycles. The molecule has 0 saturated heterocycles. The number of rotatable bonds is 1. The van der Waals surface area contributed by atoms with Gasteiger partial charge in [0.15, 0.2) is 4.77 Å². The maximum absolute atomic E-state index is 8.82. The van der Waals surface area contributed by atoms with E-state index in [1.165, 1.54) is 0 Å². The molecule has 1 heterocycles. The van der Waals surface area contributed by atoms with E-state index in [0.717, 1.165) is 16.7 Å². The number of nitriles is 1. The van der Waals surface area contributed by atoms with Crippen molar-refractivity contribution in [3.8, 4) is 11.8 Å². The Morgan fingerprint density at radius 3 is 2.58 bits per heavy atom. The summed E-state index contributed by atoms with van der Waals surface area (Å²) in [6.07, 6.45) is 0. The molecule has 0 spiro atoms. The fourth-order valence-electron chi connectivity index (χ4n) is 2.05. The molecule has 0 amide bonds. The van der Waals surface area contributed by atoms with Gasteiger partial charge < -0.3 is 4.98 Å². The van der Waals surface area contributed by atoms with Gasteiger partial charge in [-0.2, -0.15) is 5.26 Å². The molecule has 3 rings (SSSR count). The second-order valence-electron chi connectivity index (χ2n) is 4.06. The van der Waals surface area contributed by atoms with E-state index >= 15 is 0 Å². The van der Waals surface area contributed by atoms with Crippen molar-refractivity contribution >= 4 is 34.9 Å². The Labute approximate surface area is 119 Å². The Morgan fingerprint density at radius 2 is 1.89 bits per heavy atom. The van der Waals surface area contributed by atoms with Crippen LogP contribution in [0, 0.1) is 16.1 Å². The number of hydrogen-bond acceptors (Lipinski definition) is 2. The maximum Gasteiger partial charge on any atom is 0.182 e. The van der Waals surface area contributed by atoms with Gasteiger partial charge in [-0.3, -0.25) is 4.57 Å². The van der Waals surface area contributed by atoms with Crippen LogP contribution in [0.25, 0.3) is 16.7 Å². The number of aromatic nitrogens is 2. The number of nitrogens with one attached hydrogen (secondary N) is 1. The van der Waals surface area contributed by atoms with E-state index < -0.39 is 0 Å². The third kappa shape index (κ3) is 1.93. The maximum atomic E-state index is 8.82. The average Bonchev–Trinajstić information content (AvgIpc) is 2.76. The van der Waals surface area contributed by atoms with Gasteiger partial charge in [-0.25, -0.2) is 0 Å². The summed E-state index contributed by atoms with van der Waals surface area (Å²) in [5, 5.41) is 9.46. The molecule has 0 unspecified atom stereocenters. The molecule has 3 nitrogen and oxygen atoms in total. The number of benzene rings is 2. The van der Waals surface area contributed by atoms with Crippen molar-refractivity contribution < 1.29 is 0 Å². The lowest BCUT2D eigenvalue weighted by Gasteiger charge is -2.05. The van der Waals surface area contributed by atoms with Crippen molar-refractivity contribution in [2.75, 3.05) is 0 Å². The van der Waals surface area contributed by atoms with Crippen molar-refractivity contribution in [1.29, 1.82) is 5.26 Å². The van der Waals surface area contributed by atoms with Crippen LogP contribution in [0.15, 0.2) is 42.5 Å². The molecule has 0 aliphatic heterocycles. The molecular formula is C14H8ClN3S. The summed E-state index contributed by atoms with van der Waals surface area (Å²) in [6, 6.07) is 14.9. The van der Waals surface area contributed by atoms with Crippen molar-refractivity contribution in [3.05, 3.63) is 57.8 Å². The van der Waals surface area contributed by atoms with E-state index in [1.807, 2.05) is 34.9 Å². The Morgan fingerprint density at radius 1 is 1.16 bits per heavy atom. The Balaban J connectivity index is 2.33. The zero-order chi connectivity index (χ0) is 13.4. The number of halogens is 1. The molecule has 0 fully saturated rings. The molecule has 2 aromatic carbocycles. The molecule has 0 atom stereocenters. The summed E-state index contributed by atoms with van der Waals surface area (Å²) >= 11 is 11.6. The summed E-state index contributed by atoms with van der Waals surface area (Å²) in [4.78, 5) is 3.12. The lowest BCUT2D eigenvalue weighted by atomic mass is 10.2. The molecule has 0 radical (unpaired) electrons. The highest BCUT2D eigenvalue weighted by atomic mass is 35.5. The first-order chi connectivity index (χ1) is 9.20. The first kappa shape index (κ1) is 12.0. The minimum atomic E-state index is 0.577. The van der Waals surface area contributed by atoms with Crippen LogP contribution in [-0.2, 0) is 0 Å². The molecule has 0 aliphatic carbocycles. The molecule has 0 bridgehead atoms. The number of imidazole rings is 1. The van der Waals surface area contributed by atoms with Crippen molar-refractivity contribution in [3.63, 3.8) is 0 Å². The largest absolute Gasteiger partial charge is 0.330 e. The lowest BCUT2D eigenvalue weighted by Crippen LogP contribution is -1.94. The van der Waals surface area contributed by atoms with Gasteiger partial charge in [0.25, 0.3) is 0 Å². The van der Waals surface area contributed by atoms with Crippen LogP contribution >= 0.6 is 23.8 Å². The Hall–Kier alpha value is -2.09. The number of hydrogen-bond donors (Lipinski definition) is 1. The highest BCUT2D eigenvalue weighted by Gasteiger charge is 2.09. The number of nitrogens with zero attached hydrogens (tertiary/aromatic N) is 2. The monoisotopic (exact) mass is 285 g/mol. The molecule has 92 valence electrons. The van der Waals surface area contributed by atoms with E-state index in [2.05, 4.69) is 11.1 Å². The summed E-state index contributed by atoms with van der Waals surface area (Å²) < 4.78 is 2.45. The van der Waals surface area contributed by atoms with E-state index in [4.69, 9.17) is 29.1 Å². The van der Waals surface area contributed by atoms with E-state index in [-0.39, 0.29) is 0 Å². The normalized spacial score (nSPS) is 10.5. The van der Waals surface area contributed by atoms with Gasteiger partial charge in [0.05, 0.1) is 27.7 Å². The van der Waals surface area contributed by atoms with Crippen LogP contribution in [0.4, 0.5) is 0 Å². The first-order valence-corrected chi connectivity index (χ1v) is 6.39. The Bertz CT molecular complexity index is 853. The molecule has 19 heavy (non-hydrogen) atoms. The predicted octanol–water partition coefficient (Wildman–Crippen LogP) is 4.21. The van der Waals surface area contributed by atoms with Crippen LogP contribution in [0.3, 0.4) is 0 Å². The fraction of sp³-hybridized carbons (Fsp3) is 0. The van der Waals surface area contributed by atoms with Crippen LogP contribution in [0.5, 0.6) is 0 Å². The molecule has 1 N–H and O–H groups in total. The summed E-state index contributed by atoms with van der Waals surface area (Å²) in [5.41, 5.74) is 3.23.